The van der Waals surface area contributed by atoms with Crippen LogP contribution in [-0.4, -0.2) is 80.9 Å². The van der Waals surface area contributed by atoms with Gasteiger partial charge in [-0.15, -0.1) is 0 Å². The SMILES string of the molecule is COc1ccc(C(=O)N2CCN(c3c(C)nn(C4CCS(=O)(=O)C4)c3C)CC2)cc1OC. The van der Waals surface area contributed by atoms with Crippen LogP contribution in [0, 0.1) is 13.8 Å². The Morgan fingerprint density at radius 2 is 1.75 bits per heavy atom. The number of carbonyl (C=O) groups is 1. The summed E-state index contributed by atoms with van der Waals surface area (Å²) in [5, 5.41) is 4.67. The molecule has 0 radical (unpaired) electrons. The van der Waals surface area contributed by atoms with E-state index in [2.05, 4.69) is 10.00 Å². The summed E-state index contributed by atoms with van der Waals surface area (Å²) in [6, 6.07) is 5.11. The van der Waals surface area contributed by atoms with Crippen LogP contribution in [0.1, 0.15) is 34.2 Å². The molecule has 2 aromatic rings. The van der Waals surface area contributed by atoms with Gasteiger partial charge in [0.1, 0.15) is 0 Å². The predicted octanol–water partition coefficient (Wildman–Crippen LogP) is 1.84. The van der Waals surface area contributed by atoms with Gasteiger partial charge in [-0.1, -0.05) is 0 Å². The molecular formula is C22H30N4O5S. The van der Waals surface area contributed by atoms with E-state index in [4.69, 9.17) is 9.47 Å². The maximum absolute atomic E-state index is 13.0. The molecule has 32 heavy (non-hydrogen) atoms. The van der Waals surface area contributed by atoms with Crippen molar-refractivity contribution in [1.82, 2.24) is 14.7 Å². The fourth-order valence-electron chi connectivity index (χ4n) is 4.72. The van der Waals surface area contributed by atoms with Crippen molar-refractivity contribution in [2.45, 2.75) is 26.3 Å². The summed E-state index contributed by atoms with van der Waals surface area (Å²) in [5.41, 5.74) is 3.50. The van der Waals surface area contributed by atoms with Crippen LogP contribution in [-0.2, 0) is 9.84 Å². The number of nitrogens with zero attached hydrogens (tertiary/aromatic N) is 4. The highest BCUT2D eigenvalue weighted by molar-refractivity contribution is 7.91. The number of aryl methyl sites for hydroxylation is 1. The number of carbonyl (C=O) groups excluding carboxylic acids is 1. The van der Waals surface area contributed by atoms with Gasteiger partial charge in [0.25, 0.3) is 5.91 Å². The number of ether oxygens (including phenoxy) is 2. The summed E-state index contributed by atoms with van der Waals surface area (Å²) in [7, 11) is 0.141. The molecule has 2 aliphatic rings. The zero-order valence-electron chi connectivity index (χ0n) is 19.0. The van der Waals surface area contributed by atoms with Crippen molar-refractivity contribution in [2.75, 3.05) is 56.8 Å². The van der Waals surface area contributed by atoms with E-state index in [-0.39, 0.29) is 23.5 Å². The van der Waals surface area contributed by atoms with E-state index < -0.39 is 9.84 Å². The van der Waals surface area contributed by atoms with Gasteiger partial charge >= 0.3 is 0 Å². The summed E-state index contributed by atoms with van der Waals surface area (Å²) < 4.78 is 36.3. The number of benzene rings is 1. The van der Waals surface area contributed by atoms with Crippen molar-refractivity contribution in [3.63, 3.8) is 0 Å². The van der Waals surface area contributed by atoms with E-state index in [0.29, 0.717) is 49.7 Å². The van der Waals surface area contributed by atoms with Crippen LogP contribution in [0.2, 0.25) is 0 Å². The van der Waals surface area contributed by atoms with Gasteiger partial charge in [0, 0.05) is 31.7 Å². The molecule has 174 valence electrons. The molecule has 1 amide bonds. The topological polar surface area (TPSA) is 94.0 Å². The van der Waals surface area contributed by atoms with Crippen LogP contribution in [0.4, 0.5) is 5.69 Å². The third-order valence-electron chi connectivity index (χ3n) is 6.35. The van der Waals surface area contributed by atoms with E-state index in [1.807, 2.05) is 23.4 Å². The molecule has 0 spiro atoms. The number of hydrogen-bond donors (Lipinski definition) is 0. The molecule has 2 saturated heterocycles. The lowest BCUT2D eigenvalue weighted by Gasteiger charge is -2.36. The van der Waals surface area contributed by atoms with E-state index in [0.717, 1.165) is 17.1 Å². The minimum Gasteiger partial charge on any atom is -0.493 e. The third-order valence-corrected chi connectivity index (χ3v) is 8.11. The minimum absolute atomic E-state index is 0.0362. The van der Waals surface area contributed by atoms with Crippen LogP contribution < -0.4 is 14.4 Å². The Hall–Kier alpha value is -2.75. The lowest BCUT2D eigenvalue weighted by molar-refractivity contribution is 0.0746. The average molecular weight is 463 g/mol. The molecule has 2 fully saturated rings. The molecule has 0 N–H and O–H groups in total. The molecule has 0 saturated carbocycles. The maximum Gasteiger partial charge on any atom is 0.254 e. The van der Waals surface area contributed by atoms with E-state index in [1.165, 1.54) is 0 Å². The zero-order valence-corrected chi connectivity index (χ0v) is 19.8. The molecule has 0 aliphatic carbocycles. The van der Waals surface area contributed by atoms with E-state index >= 15 is 0 Å². The van der Waals surface area contributed by atoms with Crippen molar-refractivity contribution < 1.29 is 22.7 Å². The summed E-state index contributed by atoms with van der Waals surface area (Å²) in [6.45, 7) is 6.53. The Kier molecular flexibility index (Phi) is 6.07. The lowest BCUT2D eigenvalue weighted by Crippen LogP contribution is -2.49. The van der Waals surface area contributed by atoms with E-state index in [1.54, 1.807) is 32.4 Å². The molecule has 1 unspecified atom stereocenters. The van der Waals surface area contributed by atoms with Crippen LogP contribution in [0.3, 0.4) is 0 Å². The number of sulfone groups is 1. The number of aromatic nitrogens is 2. The zero-order chi connectivity index (χ0) is 23.0. The molecule has 2 aliphatic heterocycles. The Morgan fingerprint density at radius 1 is 1.06 bits per heavy atom. The number of anilines is 1. The average Bonchev–Trinajstić information content (AvgIpc) is 3.30. The van der Waals surface area contributed by atoms with Gasteiger partial charge in [-0.05, 0) is 38.5 Å². The first kappa shape index (κ1) is 22.4. The van der Waals surface area contributed by atoms with Gasteiger partial charge in [0.05, 0.1) is 48.8 Å². The van der Waals surface area contributed by atoms with Gasteiger partial charge in [-0.3, -0.25) is 9.48 Å². The first-order chi connectivity index (χ1) is 15.2. The second-order valence-electron chi connectivity index (χ2n) is 8.37. The molecule has 1 aromatic carbocycles. The highest BCUT2D eigenvalue weighted by atomic mass is 32.2. The summed E-state index contributed by atoms with van der Waals surface area (Å²) >= 11 is 0. The highest BCUT2D eigenvalue weighted by Crippen LogP contribution is 2.32. The second kappa shape index (κ2) is 8.65. The Labute approximate surface area is 188 Å². The van der Waals surface area contributed by atoms with Gasteiger partial charge in [0.2, 0.25) is 0 Å². The third kappa shape index (κ3) is 4.15. The Bertz CT molecular complexity index is 1120. The highest BCUT2D eigenvalue weighted by Gasteiger charge is 2.33. The Morgan fingerprint density at radius 3 is 2.34 bits per heavy atom. The number of hydrogen-bond acceptors (Lipinski definition) is 7. The number of rotatable bonds is 5. The molecule has 4 rings (SSSR count). The number of piperazine rings is 1. The second-order valence-corrected chi connectivity index (χ2v) is 10.6. The number of amides is 1. The van der Waals surface area contributed by atoms with Gasteiger partial charge in [-0.2, -0.15) is 5.10 Å². The monoisotopic (exact) mass is 462 g/mol. The van der Waals surface area contributed by atoms with Crippen LogP contribution >= 0.6 is 0 Å². The summed E-state index contributed by atoms with van der Waals surface area (Å²) in [4.78, 5) is 17.1. The smallest absolute Gasteiger partial charge is 0.254 e. The van der Waals surface area contributed by atoms with Crippen LogP contribution in [0.15, 0.2) is 18.2 Å². The summed E-state index contributed by atoms with van der Waals surface area (Å²) in [5.74, 6) is 1.46. The molecule has 10 heteroatoms. The first-order valence-corrected chi connectivity index (χ1v) is 12.6. The molecule has 1 atom stereocenters. The van der Waals surface area contributed by atoms with E-state index in [9.17, 15) is 13.2 Å². The number of methoxy groups -OCH3 is 2. The standard InChI is InChI=1S/C22H30N4O5S/c1-15-21(16(2)26(23-15)18-7-12-32(28,29)14-18)24-8-10-25(11-9-24)22(27)17-5-6-19(30-3)20(13-17)31-4/h5-6,13,18H,7-12,14H2,1-4H3. The lowest BCUT2D eigenvalue weighted by atomic mass is 10.1. The van der Waals surface area contributed by atoms with Crippen molar-refractivity contribution >= 4 is 21.4 Å². The quantitative estimate of drug-likeness (QED) is 0.669. The van der Waals surface area contributed by atoms with Gasteiger partial charge < -0.3 is 19.3 Å². The largest absolute Gasteiger partial charge is 0.493 e. The van der Waals surface area contributed by atoms with Gasteiger partial charge in [-0.25, -0.2) is 8.42 Å². The van der Waals surface area contributed by atoms with Crippen LogP contribution in [0.5, 0.6) is 11.5 Å². The van der Waals surface area contributed by atoms with Gasteiger partial charge in [0.15, 0.2) is 21.3 Å². The Balaban J connectivity index is 1.46. The normalized spacial score (nSPS) is 20.4. The molecular weight excluding hydrogens is 432 g/mol. The maximum atomic E-state index is 13.0. The molecule has 0 bridgehead atoms. The summed E-state index contributed by atoms with van der Waals surface area (Å²) in [6.07, 6.45) is 0.608. The van der Waals surface area contributed by atoms with Crippen molar-refractivity contribution in [3.8, 4) is 11.5 Å². The van der Waals surface area contributed by atoms with Crippen molar-refractivity contribution in [1.29, 1.82) is 0 Å². The van der Waals surface area contributed by atoms with Crippen molar-refractivity contribution in [3.05, 3.63) is 35.2 Å². The minimum atomic E-state index is -2.98. The molecule has 3 heterocycles. The molecule has 1 aromatic heterocycles. The fourth-order valence-corrected chi connectivity index (χ4v) is 6.41. The molecule has 9 nitrogen and oxygen atoms in total. The fraction of sp³-hybridized carbons (Fsp3) is 0.545. The van der Waals surface area contributed by atoms with Crippen molar-refractivity contribution in [2.24, 2.45) is 0 Å². The first-order valence-electron chi connectivity index (χ1n) is 10.8. The van der Waals surface area contributed by atoms with Crippen LogP contribution in [0.25, 0.3) is 0 Å². The predicted molar refractivity (Wildman–Crippen MR) is 122 cm³/mol.